The average molecular weight is 354 g/mol. The van der Waals surface area contributed by atoms with Crippen LogP contribution >= 0.6 is 0 Å². The minimum atomic E-state index is 0.668. The number of hydrogen-bond acceptors (Lipinski definition) is 0. The summed E-state index contributed by atoms with van der Waals surface area (Å²) in [4.78, 5) is 0. The lowest BCUT2D eigenvalue weighted by molar-refractivity contribution is -0.723. The van der Waals surface area contributed by atoms with Crippen molar-refractivity contribution >= 4 is 0 Å². The summed E-state index contributed by atoms with van der Waals surface area (Å²) < 4.78 is 4.82. The van der Waals surface area contributed by atoms with Crippen LogP contribution in [0.1, 0.15) is 93.4 Å². The van der Waals surface area contributed by atoms with Crippen LogP contribution in [-0.2, 0) is 0 Å². The largest absolute Gasteiger partial charge is 0.249 e. The molecule has 0 aliphatic heterocycles. The Bertz CT molecular complexity index is 663. The van der Waals surface area contributed by atoms with Gasteiger partial charge in [-0.15, -0.1) is 0 Å². The zero-order valence-electron chi connectivity index (χ0n) is 17.1. The van der Waals surface area contributed by atoms with Crippen molar-refractivity contribution in [3.05, 3.63) is 47.5 Å². The first-order valence-electron chi connectivity index (χ1n) is 10.8. The van der Waals surface area contributed by atoms with Gasteiger partial charge >= 0.3 is 0 Å². The van der Waals surface area contributed by atoms with Crippen molar-refractivity contribution in [2.45, 2.75) is 97.4 Å². The van der Waals surface area contributed by atoms with E-state index in [4.69, 9.17) is 0 Å². The molecule has 1 fully saturated rings. The molecule has 142 valence electrons. The fourth-order valence-electron chi connectivity index (χ4n) is 4.74. The van der Waals surface area contributed by atoms with Gasteiger partial charge in [-0.2, -0.15) is 0 Å². The van der Waals surface area contributed by atoms with Gasteiger partial charge in [0.15, 0.2) is 0 Å². The fourth-order valence-corrected chi connectivity index (χ4v) is 4.74. The van der Waals surface area contributed by atoms with Gasteiger partial charge in [0, 0.05) is 0 Å². The highest BCUT2D eigenvalue weighted by molar-refractivity contribution is 5.48. The van der Waals surface area contributed by atoms with Crippen molar-refractivity contribution in [1.82, 2.24) is 4.57 Å². The number of aryl methyl sites for hydroxylation is 3. The van der Waals surface area contributed by atoms with Gasteiger partial charge in [-0.25, -0.2) is 9.13 Å². The van der Waals surface area contributed by atoms with Crippen LogP contribution < -0.4 is 4.57 Å². The summed E-state index contributed by atoms with van der Waals surface area (Å²) in [6.45, 7) is 6.65. The number of rotatable bonds is 2. The Morgan fingerprint density at radius 1 is 0.769 bits per heavy atom. The van der Waals surface area contributed by atoms with Gasteiger partial charge in [0.25, 0.3) is 0 Å². The molecule has 2 nitrogen and oxygen atoms in total. The van der Waals surface area contributed by atoms with Gasteiger partial charge in [0.2, 0.25) is 6.33 Å². The molecule has 1 aliphatic carbocycles. The number of hydrogen-bond donors (Lipinski definition) is 0. The van der Waals surface area contributed by atoms with E-state index >= 15 is 0 Å². The molecule has 0 atom stereocenters. The second-order valence-electron chi connectivity index (χ2n) is 8.43. The third kappa shape index (κ3) is 4.99. The van der Waals surface area contributed by atoms with Crippen LogP contribution in [-0.4, -0.2) is 4.57 Å². The maximum absolute atomic E-state index is 2.49. The molecule has 0 amide bonds. The molecule has 0 unspecified atom stereocenters. The van der Waals surface area contributed by atoms with Crippen LogP contribution in [0.25, 0.3) is 5.69 Å². The van der Waals surface area contributed by atoms with Crippen molar-refractivity contribution in [3.8, 4) is 5.69 Å². The van der Waals surface area contributed by atoms with E-state index in [0.29, 0.717) is 6.04 Å². The Balaban J connectivity index is 1.76. The fraction of sp³-hybridized carbons (Fsp3) is 0.625. The summed E-state index contributed by atoms with van der Waals surface area (Å²) in [5, 5.41) is 0. The first kappa shape index (κ1) is 19.2. The molecule has 0 radical (unpaired) electrons. The summed E-state index contributed by atoms with van der Waals surface area (Å²) in [5.74, 6) is 0. The van der Waals surface area contributed by atoms with E-state index in [1.54, 1.807) is 0 Å². The number of benzene rings is 1. The highest BCUT2D eigenvalue weighted by Crippen LogP contribution is 2.23. The Hall–Kier alpha value is -1.57. The SMILES string of the molecule is Cc1cc(C)c(-n2cc[n+](C3CCCCCCCCCCC3)c2)c(C)c1. The predicted octanol–water partition coefficient (Wildman–Crippen LogP) is 6.54. The third-order valence-electron chi connectivity index (χ3n) is 6.05. The Morgan fingerprint density at radius 3 is 1.81 bits per heavy atom. The Labute approximate surface area is 160 Å². The van der Waals surface area contributed by atoms with Gasteiger partial charge in [-0.05, 0) is 57.6 Å². The molecule has 1 aromatic carbocycles. The van der Waals surface area contributed by atoms with Crippen LogP contribution in [0.2, 0.25) is 0 Å². The van der Waals surface area contributed by atoms with Crippen molar-refractivity contribution < 1.29 is 4.57 Å². The minimum Gasteiger partial charge on any atom is -0.234 e. The standard InChI is InChI=1S/C24H37N2/c1-20-17-21(2)24(22(3)18-20)26-16-15-25(19-26)23-13-11-9-7-5-4-6-8-10-12-14-23/h15-19,23H,4-14H2,1-3H3/q+1. The maximum Gasteiger partial charge on any atom is 0.249 e. The lowest BCUT2D eigenvalue weighted by atomic mass is 9.98. The van der Waals surface area contributed by atoms with E-state index in [2.05, 4.69) is 60.8 Å². The van der Waals surface area contributed by atoms with Crippen molar-refractivity contribution in [2.24, 2.45) is 0 Å². The molecule has 0 N–H and O–H groups in total. The number of nitrogens with zero attached hydrogens (tertiary/aromatic N) is 2. The molecule has 0 saturated heterocycles. The highest BCUT2D eigenvalue weighted by atomic mass is 15.1. The van der Waals surface area contributed by atoms with Gasteiger partial charge in [0.05, 0.1) is 0 Å². The molecule has 1 aliphatic rings. The van der Waals surface area contributed by atoms with Crippen molar-refractivity contribution in [3.63, 3.8) is 0 Å². The first-order chi connectivity index (χ1) is 12.6. The number of aromatic nitrogens is 2. The second-order valence-corrected chi connectivity index (χ2v) is 8.43. The quantitative estimate of drug-likeness (QED) is 0.542. The molecule has 1 saturated carbocycles. The average Bonchev–Trinajstić information content (AvgIpc) is 3.04. The first-order valence-corrected chi connectivity index (χ1v) is 10.8. The highest BCUT2D eigenvalue weighted by Gasteiger charge is 2.19. The molecule has 2 aromatic rings. The van der Waals surface area contributed by atoms with Gasteiger partial charge in [-0.3, -0.25) is 0 Å². The van der Waals surface area contributed by atoms with Gasteiger partial charge < -0.3 is 0 Å². The second kappa shape index (κ2) is 9.39. The van der Waals surface area contributed by atoms with Crippen molar-refractivity contribution in [2.75, 3.05) is 0 Å². The zero-order chi connectivity index (χ0) is 18.4. The smallest absolute Gasteiger partial charge is 0.234 e. The van der Waals surface area contributed by atoms with Crippen molar-refractivity contribution in [1.29, 1.82) is 0 Å². The maximum atomic E-state index is 2.49. The molecule has 26 heavy (non-hydrogen) atoms. The van der Waals surface area contributed by atoms with E-state index in [1.807, 2.05) is 0 Å². The third-order valence-corrected chi connectivity index (χ3v) is 6.05. The monoisotopic (exact) mass is 353 g/mol. The van der Waals surface area contributed by atoms with Crippen LogP contribution in [0.3, 0.4) is 0 Å². The van der Waals surface area contributed by atoms with Crippen LogP contribution in [0.5, 0.6) is 0 Å². The molecule has 0 bridgehead atoms. The topological polar surface area (TPSA) is 8.81 Å². The molecular formula is C24H37N2+. The van der Waals surface area contributed by atoms with Gasteiger partial charge in [-0.1, -0.05) is 62.6 Å². The minimum absolute atomic E-state index is 0.668. The van der Waals surface area contributed by atoms with E-state index in [9.17, 15) is 0 Å². The Kier molecular flexibility index (Phi) is 6.93. The van der Waals surface area contributed by atoms with Crippen LogP contribution in [0.15, 0.2) is 30.9 Å². The lowest BCUT2D eigenvalue weighted by Gasteiger charge is -2.15. The van der Waals surface area contributed by atoms with E-state index in [-0.39, 0.29) is 0 Å². The molecule has 1 aromatic heterocycles. The van der Waals surface area contributed by atoms with Crippen LogP contribution in [0.4, 0.5) is 0 Å². The lowest BCUT2D eigenvalue weighted by Crippen LogP contribution is -2.37. The van der Waals surface area contributed by atoms with Crippen LogP contribution in [0, 0.1) is 20.8 Å². The molecule has 2 heteroatoms. The molecular weight excluding hydrogens is 316 g/mol. The zero-order valence-corrected chi connectivity index (χ0v) is 17.1. The van der Waals surface area contributed by atoms with Gasteiger partial charge in [0.1, 0.15) is 24.1 Å². The summed E-state index contributed by atoms with van der Waals surface area (Å²) in [6.07, 6.45) is 22.3. The predicted molar refractivity (Wildman–Crippen MR) is 110 cm³/mol. The van der Waals surface area contributed by atoms with E-state index in [0.717, 1.165) is 0 Å². The summed E-state index contributed by atoms with van der Waals surface area (Å²) >= 11 is 0. The Morgan fingerprint density at radius 2 is 1.27 bits per heavy atom. The summed E-state index contributed by atoms with van der Waals surface area (Å²) in [6, 6.07) is 5.26. The van der Waals surface area contributed by atoms with E-state index in [1.165, 1.54) is 93.0 Å². The molecule has 3 rings (SSSR count). The molecule has 1 heterocycles. The van der Waals surface area contributed by atoms with E-state index < -0.39 is 0 Å². The summed E-state index contributed by atoms with van der Waals surface area (Å²) in [5.41, 5.74) is 5.43. The molecule has 0 spiro atoms. The number of imidazole rings is 1. The normalized spacial score (nSPS) is 18.3. The summed E-state index contributed by atoms with van der Waals surface area (Å²) in [7, 11) is 0.